The highest BCUT2D eigenvalue weighted by molar-refractivity contribution is 5.48. The van der Waals surface area contributed by atoms with Gasteiger partial charge >= 0.3 is 0 Å². The van der Waals surface area contributed by atoms with Gasteiger partial charge in [0.25, 0.3) is 0 Å². The van der Waals surface area contributed by atoms with Crippen LogP contribution in [-0.4, -0.2) is 35.1 Å². The lowest BCUT2D eigenvalue weighted by atomic mass is 9.69. The molecule has 0 fully saturated rings. The van der Waals surface area contributed by atoms with E-state index in [4.69, 9.17) is 10.5 Å². The van der Waals surface area contributed by atoms with Crippen molar-refractivity contribution in [3.8, 4) is 0 Å². The summed E-state index contributed by atoms with van der Waals surface area (Å²) in [6, 6.07) is 14.0. The molecule has 0 saturated carbocycles. The summed E-state index contributed by atoms with van der Waals surface area (Å²) in [5.41, 5.74) is 9.30. The van der Waals surface area contributed by atoms with Crippen LogP contribution in [0.15, 0.2) is 42.5 Å². The lowest BCUT2D eigenvalue weighted by Gasteiger charge is -2.42. The SMILES string of the molecule is CC(C)(C)c1cc(CN)cc(C(C)(C)C)c1C(OCc1ccccc1)C(CO)(CO)CO. The van der Waals surface area contributed by atoms with Crippen molar-refractivity contribution in [3.05, 3.63) is 70.3 Å². The Balaban J connectivity index is 2.83. The van der Waals surface area contributed by atoms with Gasteiger partial charge in [-0.3, -0.25) is 0 Å². The average molecular weight is 444 g/mol. The van der Waals surface area contributed by atoms with Gasteiger partial charge in [-0.1, -0.05) is 84.0 Å². The third-order valence-corrected chi connectivity index (χ3v) is 6.11. The van der Waals surface area contributed by atoms with E-state index < -0.39 is 31.3 Å². The van der Waals surface area contributed by atoms with Gasteiger partial charge in [-0.25, -0.2) is 0 Å². The maximum absolute atomic E-state index is 10.4. The van der Waals surface area contributed by atoms with E-state index in [0.29, 0.717) is 13.2 Å². The summed E-state index contributed by atoms with van der Waals surface area (Å²) in [4.78, 5) is 0. The van der Waals surface area contributed by atoms with Crippen molar-refractivity contribution in [2.45, 2.75) is 71.6 Å². The molecule has 0 aliphatic carbocycles. The average Bonchev–Trinajstić information content (AvgIpc) is 2.75. The Morgan fingerprint density at radius 3 is 1.62 bits per heavy atom. The van der Waals surface area contributed by atoms with Gasteiger partial charge in [0.15, 0.2) is 0 Å². The molecule has 0 bridgehead atoms. The number of aliphatic hydroxyl groups is 3. The van der Waals surface area contributed by atoms with E-state index in [1.165, 1.54) is 0 Å². The van der Waals surface area contributed by atoms with Crippen molar-refractivity contribution in [2.24, 2.45) is 11.1 Å². The molecule has 5 nitrogen and oxygen atoms in total. The second-order valence-electron chi connectivity index (χ2n) is 10.8. The molecule has 2 aromatic rings. The van der Waals surface area contributed by atoms with E-state index in [-0.39, 0.29) is 10.8 Å². The van der Waals surface area contributed by atoms with Crippen molar-refractivity contribution >= 4 is 0 Å². The summed E-state index contributed by atoms with van der Waals surface area (Å²) < 4.78 is 6.49. The molecule has 0 aliphatic rings. The summed E-state index contributed by atoms with van der Waals surface area (Å²) in [6.45, 7) is 12.2. The number of rotatable bonds is 9. The third kappa shape index (κ3) is 5.77. The normalized spacial score (nSPS) is 13.9. The molecule has 2 aromatic carbocycles. The number of hydrogen-bond donors (Lipinski definition) is 4. The van der Waals surface area contributed by atoms with Crippen molar-refractivity contribution in [2.75, 3.05) is 19.8 Å². The standard InChI is InChI=1S/C27H41NO4/c1-25(2,3)21-12-20(14-28)13-22(26(4,5)6)23(21)24(27(16-29,17-30)18-31)32-15-19-10-8-7-9-11-19/h7-13,24,29-31H,14-18,28H2,1-6H3. The highest BCUT2D eigenvalue weighted by Crippen LogP contribution is 2.46. The van der Waals surface area contributed by atoms with E-state index in [2.05, 4.69) is 53.7 Å². The number of aliphatic hydroxyl groups excluding tert-OH is 3. The monoisotopic (exact) mass is 443 g/mol. The van der Waals surface area contributed by atoms with Crippen molar-refractivity contribution in [1.29, 1.82) is 0 Å². The molecule has 178 valence electrons. The molecule has 0 aliphatic heterocycles. The predicted octanol–water partition coefficient (Wildman–Crippen LogP) is 3.96. The van der Waals surface area contributed by atoms with Crippen LogP contribution in [0.25, 0.3) is 0 Å². The first-order chi connectivity index (χ1) is 14.9. The molecule has 1 unspecified atom stereocenters. The molecule has 32 heavy (non-hydrogen) atoms. The molecule has 2 rings (SSSR count). The highest BCUT2D eigenvalue weighted by atomic mass is 16.5. The molecule has 0 saturated heterocycles. The van der Waals surface area contributed by atoms with Crippen LogP contribution < -0.4 is 5.73 Å². The highest BCUT2D eigenvalue weighted by Gasteiger charge is 2.44. The maximum atomic E-state index is 10.4. The minimum Gasteiger partial charge on any atom is -0.395 e. The quantitative estimate of drug-likeness (QED) is 0.470. The van der Waals surface area contributed by atoms with Crippen LogP contribution >= 0.6 is 0 Å². The molecular formula is C27H41NO4. The van der Waals surface area contributed by atoms with Crippen molar-refractivity contribution in [1.82, 2.24) is 0 Å². The summed E-state index contributed by atoms with van der Waals surface area (Å²) in [7, 11) is 0. The molecular weight excluding hydrogens is 402 g/mol. The Labute approximate surface area is 193 Å². The minimum absolute atomic E-state index is 0.249. The summed E-state index contributed by atoms with van der Waals surface area (Å²) in [5, 5.41) is 31.1. The van der Waals surface area contributed by atoms with Crippen LogP contribution in [-0.2, 0) is 28.7 Å². The summed E-state index contributed by atoms with van der Waals surface area (Å²) in [6.07, 6.45) is -0.724. The smallest absolute Gasteiger partial charge is 0.0957 e. The zero-order valence-corrected chi connectivity index (χ0v) is 20.5. The molecule has 0 spiro atoms. The summed E-state index contributed by atoms with van der Waals surface area (Å²) in [5.74, 6) is 0. The molecule has 0 radical (unpaired) electrons. The lowest BCUT2D eigenvalue weighted by Crippen LogP contribution is -2.43. The second-order valence-corrected chi connectivity index (χ2v) is 10.8. The first-order valence-corrected chi connectivity index (χ1v) is 11.3. The van der Waals surface area contributed by atoms with Crippen molar-refractivity contribution in [3.63, 3.8) is 0 Å². The van der Waals surface area contributed by atoms with Gasteiger partial charge < -0.3 is 25.8 Å². The Bertz CT molecular complexity index is 818. The van der Waals surface area contributed by atoms with Gasteiger partial charge in [0.1, 0.15) is 0 Å². The fourth-order valence-electron chi connectivity index (χ4n) is 4.07. The predicted molar refractivity (Wildman–Crippen MR) is 129 cm³/mol. The van der Waals surface area contributed by atoms with Crippen LogP contribution in [0.5, 0.6) is 0 Å². The van der Waals surface area contributed by atoms with E-state index in [1.807, 2.05) is 30.3 Å². The van der Waals surface area contributed by atoms with Crippen molar-refractivity contribution < 1.29 is 20.1 Å². The first-order valence-electron chi connectivity index (χ1n) is 11.3. The van der Waals surface area contributed by atoms with Gasteiger partial charge in [-0.15, -0.1) is 0 Å². The molecule has 1 atom stereocenters. The molecule has 5 N–H and O–H groups in total. The van der Waals surface area contributed by atoms with E-state index >= 15 is 0 Å². The number of benzene rings is 2. The number of ether oxygens (including phenoxy) is 1. The lowest BCUT2D eigenvalue weighted by molar-refractivity contribution is -0.123. The zero-order valence-electron chi connectivity index (χ0n) is 20.5. The minimum atomic E-state index is -1.25. The number of nitrogens with two attached hydrogens (primary N) is 1. The first kappa shape index (κ1) is 26.5. The van der Waals surface area contributed by atoms with E-state index in [0.717, 1.165) is 27.8 Å². The van der Waals surface area contributed by atoms with E-state index in [1.54, 1.807) is 0 Å². The van der Waals surface area contributed by atoms with Gasteiger partial charge in [0.2, 0.25) is 0 Å². The van der Waals surface area contributed by atoms with Crippen LogP contribution in [0.4, 0.5) is 0 Å². The Morgan fingerprint density at radius 2 is 1.25 bits per heavy atom. The van der Waals surface area contributed by atoms with Gasteiger partial charge in [0, 0.05) is 6.54 Å². The maximum Gasteiger partial charge on any atom is 0.0957 e. The Kier molecular flexibility index (Phi) is 8.65. The van der Waals surface area contributed by atoms with Crippen LogP contribution in [0.2, 0.25) is 0 Å². The van der Waals surface area contributed by atoms with Gasteiger partial charge in [-0.2, -0.15) is 0 Å². The molecule has 0 heterocycles. The molecule has 0 amide bonds. The Morgan fingerprint density at radius 1 is 0.781 bits per heavy atom. The van der Waals surface area contributed by atoms with E-state index in [9.17, 15) is 15.3 Å². The van der Waals surface area contributed by atoms with Crippen LogP contribution in [0, 0.1) is 5.41 Å². The fourth-order valence-corrected chi connectivity index (χ4v) is 4.07. The second kappa shape index (κ2) is 10.4. The largest absolute Gasteiger partial charge is 0.395 e. The van der Waals surface area contributed by atoms with Crippen LogP contribution in [0.3, 0.4) is 0 Å². The Hall–Kier alpha value is -1.76. The molecule has 5 heteroatoms. The third-order valence-electron chi connectivity index (χ3n) is 6.11. The fraction of sp³-hybridized carbons (Fsp3) is 0.556. The molecule has 0 aromatic heterocycles. The zero-order chi connectivity index (χ0) is 24.2. The van der Waals surface area contributed by atoms with Gasteiger partial charge in [0.05, 0.1) is 37.9 Å². The summed E-state index contributed by atoms with van der Waals surface area (Å²) >= 11 is 0. The number of hydrogen-bond acceptors (Lipinski definition) is 5. The van der Waals surface area contributed by atoms with Gasteiger partial charge in [-0.05, 0) is 38.6 Å². The topological polar surface area (TPSA) is 95.9 Å². The van der Waals surface area contributed by atoms with Crippen LogP contribution in [0.1, 0.15) is 75.5 Å².